The van der Waals surface area contributed by atoms with E-state index in [-0.39, 0.29) is 4.90 Å². The quantitative estimate of drug-likeness (QED) is 0.617. The lowest BCUT2D eigenvalue weighted by molar-refractivity contribution is -0.396. The largest absolute Gasteiger partial charge is 0.497 e. The van der Waals surface area contributed by atoms with Gasteiger partial charge in [0.1, 0.15) is 10.6 Å². The predicted octanol–water partition coefficient (Wildman–Crippen LogP) is 2.68. The molecule has 0 aliphatic rings. The summed E-state index contributed by atoms with van der Waals surface area (Å²) >= 11 is 0. The van der Waals surface area contributed by atoms with Crippen molar-refractivity contribution >= 4 is 22.2 Å². The zero-order chi connectivity index (χ0) is 16.3. The van der Waals surface area contributed by atoms with E-state index in [1.807, 2.05) is 0 Å². The number of ether oxygens (including phenoxy) is 1. The van der Waals surface area contributed by atoms with Crippen molar-refractivity contribution < 1.29 is 18.8 Å². The van der Waals surface area contributed by atoms with E-state index >= 15 is 0 Å². The van der Waals surface area contributed by atoms with Gasteiger partial charge in [0.05, 0.1) is 33.8 Å². The average molecular weight is 322 g/mol. The van der Waals surface area contributed by atoms with Gasteiger partial charge in [-0.1, -0.05) is 0 Å². The van der Waals surface area contributed by atoms with Gasteiger partial charge in [0.25, 0.3) is 11.4 Å². The number of methoxy groups -OCH3 is 1. The van der Waals surface area contributed by atoms with Gasteiger partial charge < -0.3 is 4.74 Å². The van der Waals surface area contributed by atoms with Crippen LogP contribution in [0.4, 0.5) is 11.4 Å². The molecule has 2 aromatic carbocycles. The van der Waals surface area contributed by atoms with Gasteiger partial charge in [-0.2, -0.15) is 0 Å². The highest BCUT2D eigenvalue weighted by Crippen LogP contribution is 2.30. The summed E-state index contributed by atoms with van der Waals surface area (Å²) in [6.45, 7) is 0. The molecule has 1 atom stereocenters. The summed E-state index contributed by atoms with van der Waals surface area (Å²) in [5, 5.41) is 21.8. The standard InChI is InChI=1S/C13H10N2O6S/c1-21-10-3-5-11(6-4-10)22(20)13-7-2-9(14(16)17)8-12(13)15(18)19/h2-8H,1H3. The Hall–Kier alpha value is -2.81. The predicted molar refractivity (Wildman–Crippen MR) is 77.4 cm³/mol. The number of non-ortho nitro benzene ring substituents is 1. The normalized spacial score (nSPS) is 11.7. The van der Waals surface area contributed by atoms with Crippen LogP contribution in [-0.2, 0) is 10.8 Å². The van der Waals surface area contributed by atoms with Crippen LogP contribution in [0.5, 0.6) is 5.75 Å². The molecule has 8 nitrogen and oxygen atoms in total. The van der Waals surface area contributed by atoms with Crippen molar-refractivity contribution in [2.24, 2.45) is 0 Å². The summed E-state index contributed by atoms with van der Waals surface area (Å²) in [6.07, 6.45) is 0. The van der Waals surface area contributed by atoms with Crippen LogP contribution in [0.2, 0.25) is 0 Å². The van der Waals surface area contributed by atoms with Crippen molar-refractivity contribution in [3.63, 3.8) is 0 Å². The first kappa shape index (κ1) is 15.6. The smallest absolute Gasteiger partial charge is 0.292 e. The maximum Gasteiger partial charge on any atom is 0.292 e. The number of rotatable bonds is 5. The van der Waals surface area contributed by atoms with Crippen LogP contribution in [0.15, 0.2) is 52.3 Å². The van der Waals surface area contributed by atoms with E-state index in [9.17, 15) is 24.4 Å². The van der Waals surface area contributed by atoms with E-state index in [0.29, 0.717) is 10.6 Å². The SMILES string of the molecule is COc1ccc(S(=O)c2ccc([N+](=O)[O-])cc2[N+](=O)[O-])cc1. The fourth-order valence-electron chi connectivity index (χ4n) is 1.75. The molecule has 0 aromatic heterocycles. The van der Waals surface area contributed by atoms with E-state index in [4.69, 9.17) is 4.74 Å². The van der Waals surface area contributed by atoms with Crippen molar-refractivity contribution in [3.05, 3.63) is 62.7 Å². The Kier molecular flexibility index (Phi) is 4.47. The Morgan fingerprint density at radius 2 is 1.64 bits per heavy atom. The number of nitro benzene ring substituents is 2. The second kappa shape index (κ2) is 6.31. The monoisotopic (exact) mass is 322 g/mol. The third-order valence-corrected chi connectivity index (χ3v) is 4.27. The molecule has 22 heavy (non-hydrogen) atoms. The van der Waals surface area contributed by atoms with Crippen LogP contribution >= 0.6 is 0 Å². The highest BCUT2D eigenvalue weighted by Gasteiger charge is 2.24. The number of hydrogen-bond donors (Lipinski definition) is 0. The molecule has 114 valence electrons. The summed E-state index contributed by atoms with van der Waals surface area (Å²) in [7, 11) is -0.351. The van der Waals surface area contributed by atoms with Crippen LogP contribution in [0.3, 0.4) is 0 Å². The fraction of sp³-hybridized carbons (Fsp3) is 0.0769. The lowest BCUT2D eigenvalue weighted by atomic mass is 10.3. The molecule has 0 spiro atoms. The molecular weight excluding hydrogens is 312 g/mol. The molecule has 2 rings (SSSR count). The maximum absolute atomic E-state index is 12.4. The summed E-state index contributed by atoms with van der Waals surface area (Å²) in [5.74, 6) is 0.555. The number of hydrogen-bond acceptors (Lipinski definition) is 6. The molecule has 0 amide bonds. The summed E-state index contributed by atoms with van der Waals surface area (Å²) in [5.41, 5.74) is -0.981. The van der Waals surface area contributed by atoms with Crippen LogP contribution in [0.25, 0.3) is 0 Å². The molecule has 0 bridgehead atoms. The minimum atomic E-state index is -1.83. The fourth-order valence-corrected chi connectivity index (χ4v) is 2.90. The number of benzene rings is 2. The zero-order valence-electron chi connectivity index (χ0n) is 11.3. The highest BCUT2D eigenvalue weighted by molar-refractivity contribution is 7.85. The van der Waals surface area contributed by atoms with Crippen molar-refractivity contribution in [1.29, 1.82) is 0 Å². The first-order valence-electron chi connectivity index (χ1n) is 5.92. The van der Waals surface area contributed by atoms with Crippen LogP contribution in [0.1, 0.15) is 0 Å². The molecule has 2 aromatic rings. The molecule has 0 N–H and O–H groups in total. The van der Waals surface area contributed by atoms with Gasteiger partial charge >= 0.3 is 0 Å². The van der Waals surface area contributed by atoms with Gasteiger partial charge in [0.15, 0.2) is 0 Å². The Bertz CT molecular complexity index is 760. The molecule has 0 fully saturated rings. The van der Waals surface area contributed by atoms with Crippen molar-refractivity contribution in [2.75, 3.05) is 7.11 Å². The molecular formula is C13H10N2O6S. The molecule has 1 unspecified atom stereocenters. The number of nitro groups is 2. The van der Waals surface area contributed by atoms with Crippen molar-refractivity contribution in [2.45, 2.75) is 9.79 Å². The Morgan fingerprint density at radius 3 is 2.14 bits per heavy atom. The zero-order valence-corrected chi connectivity index (χ0v) is 12.1. The molecule has 0 aliphatic heterocycles. The van der Waals surface area contributed by atoms with Gasteiger partial charge in [0, 0.05) is 11.0 Å². The summed E-state index contributed by atoms with van der Waals surface area (Å²) < 4.78 is 17.4. The highest BCUT2D eigenvalue weighted by atomic mass is 32.2. The Labute approximate surface area is 127 Å². The average Bonchev–Trinajstić information content (AvgIpc) is 2.53. The van der Waals surface area contributed by atoms with E-state index < -0.39 is 32.0 Å². The van der Waals surface area contributed by atoms with Gasteiger partial charge in [-0.25, -0.2) is 4.21 Å². The summed E-state index contributed by atoms with van der Waals surface area (Å²) in [4.78, 5) is 20.5. The number of nitrogens with zero attached hydrogens (tertiary/aromatic N) is 2. The maximum atomic E-state index is 12.4. The minimum Gasteiger partial charge on any atom is -0.497 e. The van der Waals surface area contributed by atoms with E-state index in [1.54, 1.807) is 12.1 Å². The molecule has 0 heterocycles. The third-order valence-electron chi connectivity index (χ3n) is 2.82. The van der Waals surface area contributed by atoms with Gasteiger partial charge in [0.2, 0.25) is 0 Å². The lowest BCUT2D eigenvalue weighted by Gasteiger charge is -2.05. The van der Waals surface area contributed by atoms with Gasteiger partial charge in [-0.05, 0) is 30.3 Å². The van der Waals surface area contributed by atoms with E-state index in [0.717, 1.165) is 18.2 Å². The summed E-state index contributed by atoms with van der Waals surface area (Å²) in [6, 6.07) is 9.20. The van der Waals surface area contributed by atoms with Crippen LogP contribution < -0.4 is 4.74 Å². The third kappa shape index (κ3) is 3.09. The lowest BCUT2D eigenvalue weighted by Crippen LogP contribution is -2.01. The van der Waals surface area contributed by atoms with Gasteiger partial charge in [-0.15, -0.1) is 0 Å². The first-order valence-corrected chi connectivity index (χ1v) is 7.07. The molecule has 9 heteroatoms. The molecule has 0 saturated carbocycles. The topological polar surface area (TPSA) is 113 Å². The first-order chi connectivity index (χ1) is 10.4. The Morgan fingerprint density at radius 1 is 1.00 bits per heavy atom. The second-order valence-electron chi connectivity index (χ2n) is 4.11. The second-order valence-corrected chi connectivity index (χ2v) is 5.56. The molecule has 0 aliphatic carbocycles. The van der Waals surface area contributed by atoms with Gasteiger partial charge in [-0.3, -0.25) is 20.2 Å². The van der Waals surface area contributed by atoms with Crippen LogP contribution in [-0.4, -0.2) is 21.2 Å². The van der Waals surface area contributed by atoms with E-state index in [1.165, 1.54) is 19.2 Å². The molecule has 0 radical (unpaired) electrons. The molecule has 0 saturated heterocycles. The van der Waals surface area contributed by atoms with Crippen molar-refractivity contribution in [1.82, 2.24) is 0 Å². The Balaban J connectivity index is 2.48. The van der Waals surface area contributed by atoms with E-state index in [2.05, 4.69) is 0 Å². The minimum absolute atomic E-state index is 0.0965. The van der Waals surface area contributed by atoms with Crippen molar-refractivity contribution in [3.8, 4) is 5.75 Å². The van der Waals surface area contributed by atoms with Crippen LogP contribution in [0, 0.1) is 20.2 Å².